The fourth-order valence-corrected chi connectivity index (χ4v) is 2.21. The van der Waals surface area contributed by atoms with Gasteiger partial charge >= 0.3 is 0 Å². The second-order valence-corrected chi connectivity index (χ2v) is 3.90. The van der Waals surface area contributed by atoms with E-state index in [4.69, 9.17) is 0 Å². The molecule has 0 saturated heterocycles. The number of carbonyl (C=O) groups excluding carboxylic acids is 1. The molecule has 0 aromatic heterocycles. The molecule has 1 atom stereocenters. The molecule has 0 spiro atoms. The van der Waals surface area contributed by atoms with E-state index in [9.17, 15) is 13.6 Å². The van der Waals surface area contributed by atoms with Crippen LogP contribution < -0.4 is 5.32 Å². The molecular weight excluding hydrogens is 208 g/mol. The highest BCUT2D eigenvalue weighted by atomic mass is 32.2. The Kier molecular flexibility index (Phi) is 2.19. The lowest BCUT2D eigenvalue weighted by atomic mass is 10.1. The van der Waals surface area contributed by atoms with Crippen molar-refractivity contribution in [1.29, 1.82) is 0 Å². The number of carbonyl (C=O) groups is 1. The number of halogens is 2. The highest BCUT2D eigenvalue weighted by Gasteiger charge is 2.32. The van der Waals surface area contributed by atoms with Gasteiger partial charge in [-0.25, -0.2) is 8.78 Å². The van der Waals surface area contributed by atoms with Gasteiger partial charge in [-0.1, -0.05) is 0 Å². The molecule has 2 nitrogen and oxygen atoms in total. The summed E-state index contributed by atoms with van der Waals surface area (Å²) in [4.78, 5) is 11.3. The average Bonchev–Trinajstić information content (AvgIpc) is 2.41. The first kappa shape index (κ1) is 9.45. The fraction of sp³-hybridized carbons (Fsp3) is 0.222. The van der Waals surface area contributed by atoms with E-state index in [1.54, 1.807) is 6.26 Å². The Morgan fingerprint density at radius 2 is 2.14 bits per heavy atom. The molecule has 1 amide bonds. The van der Waals surface area contributed by atoms with Gasteiger partial charge in [0.1, 0.15) is 16.9 Å². The Morgan fingerprint density at radius 1 is 1.43 bits per heavy atom. The van der Waals surface area contributed by atoms with Gasteiger partial charge in [0.25, 0.3) is 0 Å². The monoisotopic (exact) mass is 215 g/mol. The van der Waals surface area contributed by atoms with Gasteiger partial charge in [0.2, 0.25) is 5.91 Å². The third-order valence-electron chi connectivity index (χ3n) is 2.09. The van der Waals surface area contributed by atoms with Crippen LogP contribution in [-0.4, -0.2) is 12.2 Å². The van der Waals surface area contributed by atoms with Gasteiger partial charge in [-0.3, -0.25) is 4.79 Å². The van der Waals surface area contributed by atoms with Crippen molar-refractivity contribution in [3.8, 4) is 0 Å². The van der Waals surface area contributed by atoms with Crippen LogP contribution in [0.3, 0.4) is 0 Å². The summed E-state index contributed by atoms with van der Waals surface area (Å²) in [6, 6.07) is 1.96. The van der Waals surface area contributed by atoms with Crippen molar-refractivity contribution in [2.75, 3.05) is 11.6 Å². The van der Waals surface area contributed by atoms with Crippen LogP contribution in [0.5, 0.6) is 0 Å². The minimum Gasteiger partial charge on any atom is -0.322 e. The van der Waals surface area contributed by atoms with Crippen molar-refractivity contribution in [1.82, 2.24) is 0 Å². The first-order chi connectivity index (χ1) is 6.63. The molecule has 0 bridgehead atoms. The van der Waals surface area contributed by atoms with Crippen LogP contribution in [0.2, 0.25) is 0 Å². The van der Waals surface area contributed by atoms with Crippen LogP contribution in [-0.2, 0) is 4.79 Å². The molecule has 1 aliphatic rings. The van der Waals surface area contributed by atoms with Crippen molar-refractivity contribution in [2.24, 2.45) is 0 Å². The minimum absolute atomic E-state index is 0.107. The molecule has 1 aliphatic heterocycles. The van der Waals surface area contributed by atoms with Crippen molar-refractivity contribution < 1.29 is 13.6 Å². The highest BCUT2D eigenvalue weighted by molar-refractivity contribution is 7.99. The maximum Gasteiger partial charge on any atom is 0.242 e. The molecular formula is C9H7F2NOS. The van der Waals surface area contributed by atoms with Crippen molar-refractivity contribution in [3.05, 3.63) is 29.3 Å². The lowest BCUT2D eigenvalue weighted by Gasteiger charge is -2.04. The summed E-state index contributed by atoms with van der Waals surface area (Å²) in [5.74, 6) is -1.67. The van der Waals surface area contributed by atoms with E-state index in [1.807, 2.05) is 0 Å². The summed E-state index contributed by atoms with van der Waals surface area (Å²) in [6.07, 6.45) is 1.72. The summed E-state index contributed by atoms with van der Waals surface area (Å²) in [5, 5.41) is 1.89. The number of hydrogen-bond donors (Lipinski definition) is 1. The van der Waals surface area contributed by atoms with Gasteiger partial charge in [0.15, 0.2) is 0 Å². The number of nitrogens with one attached hydrogen (secondary N) is 1. The molecule has 1 aromatic carbocycles. The van der Waals surface area contributed by atoms with Crippen LogP contribution in [0, 0.1) is 11.6 Å². The lowest BCUT2D eigenvalue weighted by molar-refractivity contribution is -0.115. The zero-order valence-corrected chi connectivity index (χ0v) is 8.12. The number of rotatable bonds is 1. The molecule has 2 rings (SSSR count). The molecule has 14 heavy (non-hydrogen) atoms. The van der Waals surface area contributed by atoms with Gasteiger partial charge in [-0.05, 0) is 12.3 Å². The van der Waals surface area contributed by atoms with E-state index in [0.717, 1.165) is 6.07 Å². The van der Waals surface area contributed by atoms with Crippen LogP contribution >= 0.6 is 11.8 Å². The van der Waals surface area contributed by atoms with Gasteiger partial charge < -0.3 is 5.32 Å². The first-order valence-electron chi connectivity index (χ1n) is 3.96. The maximum absolute atomic E-state index is 13.2. The van der Waals surface area contributed by atoms with Crippen molar-refractivity contribution in [3.63, 3.8) is 0 Å². The topological polar surface area (TPSA) is 29.1 Å². The van der Waals surface area contributed by atoms with Gasteiger partial charge in [-0.15, -0.1) is 11.8 Å². The zero-order valence-electron chi connectivity index (χ0n) is 7.30. The molecule has 74 valence electrons. The van der Waals surface area contributed by atoms with Crippen molar-refractivity contribution >= 4 is 23.4 Å². The van der Waals surface area contributed by atoms with Gasteiger partial charge in [-0.2, -0.15) is 0 Å². The summed E-state index contributed by atoms with van der Waals surface area (Å²) < 4.78 is 26.0. The Bertz CT molecular complexity index is 408. The van der Waals surface area contributed by atoms with E-state index in [1.165, 1.54) is 17.8 Å². The molecule has 1 heterocycles. The Balaban J connectivity index is 2.58. The normalized spacial score (nSPS) is 19.4. The summed E-state index contributed by atoms with van der Waals surface area (Å²) in [5.41, 5.74) is 0.496. The number of fused-ring (bicyclic) bond motifs is 1. The molecule has 0 aliphatic carbocycles. The van der Waals surface area contributed by atoms with Crippen LogP contribution in [0.4, 0.5) is 14.5 Å². The number of amides is 1. The number of thioether (sulfide) groups is 1. The highest BCUT2D eigenvalue weighted by Crippen LogP contribution is 2.40. The minimum atomic E-state index is -0.718. The number of anilines is 1. The third-order valence-corrected chi connectivity index (χ3v) is 3.03. The Morgan fingerprint density at radius 3 is 2.79 bits per heavy atom. The fourth-order valence-electron chi connectivity index (χ4n) is 1.50. The SMILES string of the molecule is CSC1C(=O)Nc2c(F)cc(F)cc21. The van der Waals surface area contributed by atoms with E-state index in [2.05, 4.69) is 5.32 Å². The van der Waals surface area contributed by atoms with Gasteiger partial charge in [0, 0.05) is 11.6 Å². The van der Waals surface area contributed by atoms with E-state index in [-0.39, 0.29) is 11.6 Å². The summed E-state index contributed by atoms with van der Waals surface area (Å²) >= 11 is 1.26. The first-order valence-corrected chi connectivity index (χ1v) is 5.25. The smallest absolute Gasteiger partial charge is 0.242 e. The molecule has 5 heteroatoms. The predicted octanol–water partition coefficient (Wildman–Crippen LogP) is 2.32. The molecule has 1 N–H and O–H groups in total. The molecule has 1 aromatic rings. The van der Waals surface area contributed by atoms with Crippen LogP contribution in [0.25, 0.3) is 0 Å². The summed E-state index contributed by atoms with van der Waals surface area (Å²) in [7, 11) is 0. The van der Waals surface area contributed by atoms with E-state index in [0.29, 0.717) is 5.56 Å². The Hall–Kier alpha value is -1.10. The standard InChI is InChI=1S/C9H7F2NOS/c1-14-8-5-2-4(10)3-6(11)7(5)12-9(8)13/h2-3,8H,1H3,(H,12,13). The molecule has 0 radical (unpaired) electrons. The largest absolute Gasteiger partial charge is 0.322 e. The lowest BCUT2D eigenvalue weighted by Crippen LogP contribution is -2.08. The predicted molar refractivity (Wildman–Crippen MR) is 51.2 cm³/mol. The molecule has 0 fully saturated rings. The maximum atomic E-state index is 13.2. The number of hydrogen-bond acceptors (Lipinski definition) is 2. The Labute approximate surface area is 83.7 Å². The second kappa shape index (κ2) is 3.24. The van der Waals surface area contributed by atoms with E-state index >= 15 is 0 Å². The van der Waals surface area contributed by atoms with Crippen LogP contribution in [0.15, 0.2) is 12.1 Å². The second-order valence-electron chi connectivity index (χ2n) is 2.96. The van der Waals surface area contributed by atoms with Crippen LogP contribution in [0.1, 0.15) is 10.8 Å². The quantitative estimate of drug-likeness (QED) is 0.778. The van der Waals surface area contributed by atoms with Crippen molar-refractivity contribution in [2.45, 2.75) is 5.25 Å². The van der Waals surface area contributed by atoms with Gasteiger partial charge in [0.05, 0.1) is 5.69 Å². The van der Waals surface area contributed by atoms with E-state index < -0.39 is 16.9 Å². The zero-order chi connectivity index (χ0) is 10.3. The molecule has 1 unspecified atom stereocenters. The third kappa shape index (κ3) is 1.28. The summed E-state index contributed by atoms with van der Waals surface area (Å²) in [6.45, 7) is 0. The number of benzene rings is 1. The molecule has 0 saturated carbocycles. The average molecular weight is 215 g/mol.